The summed E-state index contributed by atoms with van der Waals surface area (Å²) >= 11 is 6.08. The average Bonchev–Trinajstić information content (AvgIpc) is 2.95. The Morgan fingerprint density at radius 3 is 2.27 bits per heavy atom. The number of carbonyl (C=O) groups excluding carboxylic acids is 2. The number of aryl methyl sites for hydroxylation is 1. The minimum absolute atomic E-state index is 0.0490. The minimum Gasteiger partial charge on any atom is -0.497 e. The van der Waals surface area contributed by atoms with Crippen LogP contribution >= 0.6 is 11.6 Å². The maximum atomic E-state index is 14.0. The van der Waals surface area contributed by atoms with E-state index in [4.69, 9.17) is 16.3 Å². The Morgan fingerprint density at radius 1 is 1.00 bits per heavy atom. The summed E-state index contributed by atoms with van der Waals surface area (Å²) in [4.78, 5) is 28.7. The number of benzene rings is 3. The Kier molecular flexibility index (Phi) is 11.0. The maximum Gasteiger partial charge on any atom is 0.264 e. The largest absolute Gasteiger partial charge is 0.497 e. The summed E-state index contributed by atoms with van der Waals surface area (Å²) in [6.45, 7) is 5.67. The van der Waals surface area contributed by atoms with E-state index in [9.17, 15) is 18.0 Å². The van der Waals surface area contributed by atoms with E-state index in [0.29, 0.717) is 23.7 Å². The molecular formula is C30H36ClN3O5S. The van der Waals surface area contributed by atoms with Gasteiger partial charge in [-0.1, -0.05) is 55.3 Å². The lowest BCUT2D eigenvalue weighted by Gasteiger charge is -2.33. The van der Waals surface area contributed by atoms with Gasteiger partial charge in [-0.25, -0.2) is 8.42 Å². The molecule has 214 valence electrons. The Balaban J connectivity index is 2.05. The number of nitrogens with one attached hydrogen (secondary N) is 1. The summed E-state index contributed by atoms with van der Waals surface area (Å²) in [5.74, 6) is -0.204. The van der Waals surface area contributed by atoms with Crippen molar-refractivity contribution in [2.75, 3.05) is 24.5 Å². The van der Waals surface area contributed by atoms with Gasteiger partial charge in [0.2, 0.25) is 11.8 Å². The van der Waals surface area contributed by atoms with Crippen molar-refractivity contribution in [1.82, 2.24) is 10.2 Å². The molecule has 0 radical (unpaired) electrons. The quantitative estimate of drug-likeness (QED) is 0.298. The molecule has 0 aromatic heterocycles. The van der Waals surface area contributed by atoms with E-state index in [-0.39, 0.29) is 23.0 Å². The molecule has 3 rings (SSSR count). The lowest BCUT2D eigenvalue weighted by Crippen LogP contribution is -2.52. The van der Waals surface area contributed by atoms with Crippen molar-refractivity contribution in [1.29, 1.82) is 0 Å². The van der Waals surface area contributed by atoms with Gasteiger partial charge in [0.1, 0.15) is 18.3 Å². The number of hydrogen-bond acceptors (Lipinski definition) is 5. The Labute approximate surface area is 241 Å². The molecule has 0 saturated heterocycles. The van der Waals surface area contributed by atoms with Crippen LogP contribution in [0.15, 0.2) is 77.7 Å². The number of anilines is 1. The molecule has 3 aromatic carbocycles. The summed E-state index contributed by atoms with van der Waals surface area (Å²) in [7, 11) is -2.59. The first-order chi connectivity index (χ1) is 19.1. The number of halogens is 1. The average molecular weight is 586 g/mol. The fourth-order valence-corrected chi connectivity index (χ4v) is 5.77. The van der Waals surface area contributed by atoms with E-state index in [1.54, 1.807) is 61.7 Å². The number of carbonyl (C=O) groups is 2. The van der Waals surface area contributed by atoms with Gasteiger partial charge in [0.05, 0.1) is 17.7 Å². The van der Waals surface area contributed by atoms with E-state index in [2.05, 4.69) is 5.32 Å². The van der Waals surface area contributed by atoms with Crippen molar-refractivity contribution in [3.05, 3.63) is 88.9 Å². The van der Waals surface area contributed by atoms with Gasteiger partial charge in [0.15, 0.2) is 0 Å². The standard InChI is InChI=1S/C30H36ClN3O5S/c1-5-18-32-30(36)28(6-2)33(20-23-8-7-9-26(19-23)39-4)29(35)21-34(25-14-12-24(31)13-15-25)40(37,38)27-16-10-22(3)11-17-27/h7-17,19,28H,5-6,18,20-21H2,1-4H3,(H,32,36)/t28-/m0/s1. The predicted molar refractivity (Wildman–Crippen MR) is 158 cm³/mol. The fourth-order valence-electron chi connectivity index (χ4n) is 4.23. The van der Waals surface area contributed by atoms with Gasteiger partial charge in [-0.2, -0.15) is 0 Å². The van der Waals surface area contributed by atoms with Crippen LogP contribution < -0.4 is 14.4 Å². The van der Waals surface area contributed by atoms with Gasteiger partial charge < -0.3 is 15.0 Å². The van der Waals surface area contributed by atoms with Crippen LogP contribution in [0.4, 0.5) is 5.69 Å². The number of amides is 2. The molecule has 0 bridgehead atoms. The summed E-state index contributed by atoms with van der Waals surface area (Å²) in [6.07, 6.45) is 1.09. The van der Waals surface area contributed by atoms with Crippen LogP contribution in [0.5, 0.6) is 5.75 Å². The second kappa shape index (κ2) is 14.2. The molecule has 3 aromatic rings. The molecule has 0 heterocycles. The van der Waals surface area contributed by atoms with Gasteiger partial charge in [0.25, 0.3) is 10.0 Å². The number of methoxy groups -OCH3 is 1. The molecule has 0 unspecified atom stereocenters. The molecular weight excluding hydrogens is 550 g/mol. The first kappa shape index (κ1) is 31.0. The van der Waals surface area contributed by atoms with Crippen molar-refractivity contribution in [3.8, 4) is 5.75 Å². The van der Waals surface area contributed by atoms with Crippen molar-refractivity contribution >= 4 is 39.1 Å². The third-order valence-corrected chi connectivity index (χ3v) is 8.46. The number of sulfonamides is 1. The summed E-state index contributed by atoms with van der Waals surface area (Å²) in [6, 6.07) is 19.1. The highest BCUT2D eigenvalue weighted by Crippen LogP contribution is 2.26. The first-order valence-corrected chi connectivity index (χ1v) is 15.0. The molecule has 0 spiro atoms. The number of ether oxygens (including phenoxy) is 1. The summed E-state index contributed by atoms with van der Waals surface area (Å²) in [5, 5.41) is 3.31. The molecule has 40 heavy (non-hydrogen) atoms. The summed E-state index contributed by atoms with van der Waals surface area (Å²) in [5.41, 5.74) is 1.93. The highest BCUT2D eigenvalue weighted by Gasteiger charge is 2.33. The Hall–Kier alpha value is -3.56. The fraction of sp³-hybridized carbons (Fsp3) is 0.333. The molecule has 0 aliphatic carbocycles. The molecule has 0 aliphatic rings. The van der Waals surface area contributed by atoms with Crippen LogP contribution in [0.1, 0.15) is 37.8 Å². The normalized spacial score (nSPS) is 11.9. The molecule has 10 heteroatoms. The van der Waals surface area contributed by atoms with E-state index in [0.717, 1.165) is 21.9 Å². The van der Waals surface area contributed by atoms with Crippen molar-refractivity contribution in [3.63, 3.8) is 0 Å². The molecule has 0 aliphatic heterocycles. The first-order valence-electron chi connectivity index (χ1n) is 13.2. The summed E-state index contributed by atoms with van der Waals surface area (Å²) < 4.78 is 34.1. The lowest BCUT2D eigenvalue weighted by molar-refractivity contribution is -0.140. The third kappa shape index (κ3) is 7.76. The highest BCUT2D eigenvalue weighted by atomic mass is 35.5. The molecule has 8 nitrogen and oxygen atoms in total. The van der Waals surface area contributed by atoms with Gasteiger partial charge in [-0.3, -0.25) is 13.9 Å². The van der Waals surface area contributed by atoms with Crippen LogP contribution in [-0.4, -0.2) is 51.4 Å². The van der Waals surface area contributed by atoms with E-state index < -0.39 is 28.5 Å². The van der Waals surface area contributed by atoms with Gasteiger partial charge >= 0.3 is 0 Å². The Morgan fingerprint density at radius 2 is 1.68 bits per heavy atom. The van der Waals surface area contributed by atoms with Crippen molar-refractivity contribution < 1.29 is 22.7 Å². The van der Waals surface area contributed by atoms with Gasteiger partial charge in [-0.15, -0.1) is 0 Å². The van der Waals surface area contributed by atoms with Crippen LogP contribution in [0.25, 0.3) is 0 Å². The molecule has 1 atom stereocenters. The monoisotopic (exact) mass is 585 g/mol. The van der Waals surface area contributed by atoms with Crippen LogP contribution in [0.2, 0.25) is 5.02 Å². The number of hydrogen-bond donors (Lipinski definition) is 1. The van der Waals surface area contributed by atoms with E-state index >= 15 is 0 Å². The van der Waals surface area contributed by atoms with Crippen LogP contribution in [0, 0.1) is 6.92 Å². The lowest BCUT2D eigenvalue weighted by atomic mass is 10.1. The number of nitrogens with zero attached hydrogens (tertiary/aromatic N) is 2. The molecule has 2 amide bonds. The van der Waals surface area contributed by atoms with Crippen molar-refractivity contribution in [2.45, 2.75) is 51.1 Å². The van der Waals surface area contributed by atoms with Gasteiger partial charge in [-0.05, 0) is 73.9 Å². The van der Waals surface area contributed by atoms with Crippen LogP contribution in [-0.2, 0) is 26.2 Å². The second-order valence-electron chi connectivity index (χ2n) is 9.39. The van der Waals surface area contributed by atoms with E-state index in [1.807, 2.05) is 26.8 Å². The highest BCUT2D eigenvalue weighted by molar-refractivity contribution is 7.92. The Bertz CT molecular complexity index is 1400. The third-order valence-electron chi connectivity index (χ3n) is 6.42. The minimum atomic E-state index is -4.14. The second-order valence-corrected chi connectivity index (χ2v) is 11.7. The zero-order valence-corrected chi connectivity index (χ0v) is 24.8. The zero-order chi connectivity index (χ0) is 29.3. The van der Waals surface area contributed by atoms with Gasteiger partial charge in [0, 0.05) is 18.1 Å². The van der Waals surface area contributed by atoms with E-state index in [1.165, 1.54) is 17.0 Å². The topological polar surface area (TPSA) is 96.0 Å². The van der Waals surface area contributed by atoms with Crippen LogP contribution in [0.3, 0.4) is 0 Å². The van der Waals surface area contributed by atoms with Crippen molar-refractivity contribution in [2.24, 2.45) is 0 Å². The smallest absolute Gasteiger partial charge is 0.264 e. The number of rotatable bonds is 13. The molecule has 0 saturated carbocycles. The molecule has 0 fully saturated rings. The maximum absolute atomic E-state index is 14.0. The molecule has 1 N–H and O–H groups in total. The zero-order valence-electron chi connectivity index (χ0n) is 23.3. The SMILES string of the molecule is CCCNC(=O)[C@H](CC)N(Cc1cccc(OC)c1)C(=O)CN(c1ccc(Cl)cc1)S(=O)(=O)c1ccc(C)cc1. The predicted octanol–water partition coefficient (Wildman–Crippen LogP) is 5.19.